The number of carbonyl (C=O) groups is 1. The van der Waals surface area contributed by atoms with Gasteiger partial charge in [0.15, 0.2) is 15.0 Å². The second-order valence-electron chi connectivity index (χ2n) is 6.60. The lowest BCUT2D eigenvalue weighted by atomic mass is 10.2. The van der Waals surface area contributed by atoms with Gasteiger partial charge in [-0.2, -0.15) is 0 Å². The molecule has 0 saturated carbocycles. The van der Waals surface area contributed by atoms with E-state index in [1.807, 2.05) is 12.1 Å². The molecule has 2 N–H and O–H groups in total. The molecule has 1 fully saturated rings. The van der Waals surface area contributed by atoms with E-state index in [1.54, 1.807) is 30.6 Å². The van der Waals surface area contributed by atoms with Crippen LogP contribution in [-0.2, 0) is 16.4 Å². The first-order valence-corrected chi connectivity index (χ1v) is 11.7. The minimum absolute atomic E-state index is 0.0581. The average Bonchev–Trinajstić information content (AvgIpc) is 3.15. The number of hydrogen-bond acceptors (Lipinski definition) is 7. The number of amidine groups is 1. The van der Waals surface area contributed by atoms with Gasteiger partial charge in [0.2, 0.25) is 0 Å². The second kappa shape index (κ2) is 7.73. The fourth-order valence-electron chi connectivity index (χ4n) is 3.08. The Kier molecular flexibility index (Phi) is 5.31. The van der Waals surface area contributed by atoms with Crippen LogP contribution in [-0.4, -0.2) is 47.3 Å². The van der Waals surface area contributed by atoms with Gasteiger partial charge in [0.05, 0.1) is 28.3 Å². The molecule has 2 atom stereocenters. The number of nitrogens with zero attached hydrogens (tertiary/aromatic N) is 2. The number of amides is 1. The summed E-state index contributed by atoms with van der Waals surface area (Å²) in [7, 11) is -3.00. The summed E-state index contributed by atoms with van der Waals surface area (Å²) in [6.07, 6.45) is 3.37. The van der Waals surface area contributed by atoms with Gasteiger partial charge in [0.1, 0.15) is 0 Å². The molecule has 1 aromatic heterocycles. The summed E-state index contributed by atoms with van der Waals surface area (Å²) in [6.45, 7) is 0.373. The molecule has 1 aromatic carbocycles. The molecule has 2 aromatic rings. The highest BCUT2D eigenvalue weighted by atomic mass is 35.5. The molecule has 146 valence electrons. The fraction of sp³-hybridized carbons (Fsp3) is 0.278. The average molecular weight is 437 g/mol. The number of halogens is 1. The number of aromatic nitrogens is 1. The predicted molar refractivity (Wildman–Crippen MR) is 112 cm³/mol. The van der Waals surface area contributed by atoms with Gasteiger partial charge in [-0.1, -0.05) is 29.4 Å². The molecule has 2 aliphatic heterocycles. The van der Waals surface area contributed by atoms with Crippen LogP contribution >= 0.6 is 23.4 Å². The van der Waals surface area contributed by atoms with Gasteiger partial charge in [-0.3, -0.25) is 14.8 Å². The molecule has 1 saturated heterocycles. The Labute approximate surface area is 171 Å². The maximum absolute atomic E-state index is 12.4. The van der Waals surface area contributed by atoms with Crippen molar-refractivity contribution in [3.05, 3.63) is 58.9 Å². The molecule has 2 aliphatic rings. The molecule has 10 heteroatoms. The Morgan fingerprint density at radius 3 is 2.89 bits per heavy atom. The number of nitrogens with one attached hydrogen (secondary N) is 2. The van der Waals surface area contributed by atoms with Crippen molar-refractivity contribution in [2.75, 3.05) is 16.8 Å². The van der Waals surface area contributed by atoms with E-state index in [9.17, 15) is 13.2 Å². The number of thioether (sulfide) groups is 1. The van der Waals surface area contributed by atoms with E-state index in [0.29, 0.717) is 28.0 Å². The number of hydrogen-bond donors (Lipinski definition) is 2. The number of benzene rings is 1. The zero-order valence-corrected chi connectivity index (χ0v) is 17.0. The van der Waals surface area contributed by atoms with Crippen molar-refractivity contribution in [3.8, 4) is 0 Å². The summed E-state index contributed by atoms with van der Waals surface area (Å²) in [5.41, 5.74) is 1.92. The van der Waals surface area contributed by atoms with Gasteiger partial charge in [0.25, 0.3) is 5.91 Å². The Hall–Kier alpha value is -2.10. The van der Waals surface area contributed by atoms with Gasteiger partial charge in [-0.05, 0) is 29.8 Å². The molecular weight excluding hydrogens is 420 g/mol. The van der Waals surface area contributed by atoms with Crippen molar-refractivity contribution in [2.24, 2.45) is 4.99 Å². The molecule has 4 rings (SSSR count). The summed E-state index contributed by atoms with van der Waals surface area (Å²) in [6, 6.07) is 8.43. The second-order valence-corrected chi connectivity index (χ2v) is 10.4. The highest BCUT2D eigenvalue weighted by Crippen LogP contribution is 2.35. The highest BCUT2D eigenvalue weighted by molar-refractivity contribution is 8.15. The fourth-order valence-corrected chi connectivity index (χ4v) is 6.91. The molecule has 3 heterocycles. The van der Waals surface area contributed by atoms with Crippen molar-refractivity contribution in [3.63, 3.8) is 0 Å². The first-order valence-electron chi connectivity index (χ1n) is 8.58. The summed E-state index contributed by atoms with van der Waals surface area (Å²) >= 11 is 7.66. The van der Waals surface area contributed by atoms with Gasteiger partial charge in [0, 0.05) is 29.8 Å². The van der Waals surface area contributed by atoms with E-state index < -0.39 is 9.84 Å². The van der Waals surface area contributed by atoms with Crippen LogP contribution in [0.15, 0.2) is 47.7 Å². The lowest BCUT2D eigenvalue weighted by Gasteiger charge is -2.11. The van der Waals surface area contributed by atoms with Crippen LogP contribution in [0, 0.1) is 0 Å². The van der Waals surface area contributed by atoms with Crippen LogP contribution in [0.3, 0.4) is 0 Å². The molecule has 0 spiro atoms. The predicted octanol–water partition coefficient (Wildman–Crippen LogP) is 2.35. The normalized spacial score (nSPS) is 22.4. The van der Waals surface area contributed by atoms with Crippen molar-refractivity contribution in [2.45, 2.75) is 17.8 Å². The van der Waals surface area contributed by atoms with E-state index in [4.69, 9.17) is 11.6 Å². The smallest absolute Gasteiger partial charge is 0.251 e. The van der Waals surface area contributed by atoms with Crippen LogP contribution in [0.5, 0.6) is 0 Å². The first kappa shape index (κ1) is 19.2. The van der Waals surface area contributed by atoms with Crippen molar-refractivity contribution in [1.29, 1.82) is 0 Å². The van der Waals surface area contributed by atoms with Crippen LogP contribution < -0.4 is 10.6 Å². The van der Waals surface area contributed by atoms with E-state index in [0.717, 1.165) is 5.56 Å². The Morgan fingerprint density at radius 2 is 2.14 bits per heavy atom. The Morgan fingerprint density at radius 1 is 1.29 bits per heavy atom. The monoisotopic (exact) mass is 436 g/mol. The Bertz CT molecular complexity index is 1040. The van der Waals surface area contributed by atoms with Crippen molar-refractivity contribution in [1.82, 2.24) is 10.3 Å². The van der Waals surface area contributed by atoms with E-state index in [1.165, 1.54) is 11.8 Å². The van der Waals surface area contributed by atoms with Crippen molar-refractivity contribution < 1.29 is 13.2 Å². The lowest BCUT2D eigenvalue weighted by Crippen LogP contribution is -2.23. The molecule has 28 heavy (non-hydrogen) atoms. The summed E-state index contributed by atoms with van der Waals surface area (Å²) < 4.78 is 23.3. The number of anilines is 1. The third-order valence-electron chi connectivity index (χ3n) is 4.46. The minimum Gasteiger partial charge on any atom is -0.348 e. The number of fused-ring (bicyclic) bond motifs is 1. The summed E-state index contributed by atoms with van der Waals surface area (Å²) in [5, 5.41) is 7.00. The van der Waals surface area contributed by atoms with Crippen LogP contribution in [0.4, 0.5) is 5.69 Å². The first-order chi connectivity index (χ1) is 13.4. The molecule has 7 nitrogen and oxygen atoms in total. The summed E-state index contributed by atoms with van der Waals surface area (Å²) in [4.78, 5) is 20.9. The third kappa shape index (κ3) is 4.31. The SMILES string of the molecule is O=C(NCc1cccnc1)c1ccc(Cl)c(NC2=N[C@@H]3CS(=O)(=O)C[C@H]3S2)c1. The minimum atomic E-state index is -3.00. The van der Waals surface area contributed by atoms with Crippen LogP contribution in [0.25, 0.3) is 0 Å². The zero-order chi connectivity index (χ0) is 19.7. The van der Waals surface area contributed by atoms with Gasteiger partial charge in [-0.25, -0.2) is 8.42 Å². The number of rotatable bonds is 4. The maximum Gasteiger partial charge on any atom is 0.251 e. The zero-order valence-electron chi connectivity index (χ0n) is 14.6. The number of sulfone groups is 1. The quantitative estimate of drug-likeness (QED) is 0.763. The van der Waals surface area contributed by atoms with Crippen LogP contribution in [0.1, 0.15) is 15.9 Å². The topological polar surface area (TPSA) is 101 Å². The van der Waals surface area contributed by atoms with Crippen molar-refractivity contribution >= 4 is 50.0 Å². The third-order valence-corrected chi connectivity index (χ3v) is 7.94. The Balaban J connectivity index is 1.43. The number of pyridine rings is 1. The molecule has 0 unspecified atom stereocenters. The van der Waals surface area contributed by atoms with E-state index >= 15 is 0 Å². The number of aliphatic imine (C=N–C) groups is 1. The molecular formula is C18H17ClN4O3S2. The highest BCUT2D eigenvalue weighted by Gasteiger charge is 2.42. The van der Waals surface area contributed by atoms with Gasteiger partial charge < -0.3 is 10.6 Å². The molecule has 0 aliphatic carbocycles. The van der Waals surface area contributed by atoms with Gasteiger partial charge in [-0.15, -0.1) is 0 Å². The maximum atomic E-state index is 12.4. The lowest BCUT2D eigenvalue weighted by molar-refractivity contribution is 0.0951. The molecule has 0 radical (unpaired) electrons. The van der Waals surface area contributed by atoms with Gasteiger partial charge >= 0.3 is 0 Å². The van der Waals surface area contributed by atoms with Crippen LogP contribution in [0.2, 0.25) is 5.02 Å². The molecule has 1 amide bonds. The molecule has 0 bridgehead atoms. The van der Waals surface area contributed by atoms with E-state index in [2.05, 4.69) is 20.6 Å². The van der Waals surface area contributed by atoms with E-state index in [-0.39, 0.29) is 28.7 Å². The summed E-state index contributed by atoms with van der Waals surface area (Å²) in [5.74, 6) is -0.00501. The number of carbonyl (C=O) groups excluding carboxylic acids is 1. The standard InChI is InChI=1S/C18H17ClN4O3S2/c19-13-4-3-12(17(24)21-8-11-2-1-5-20-7-11)6-14(13)22-18-23-15-9-28(25,26)10-16(15)27-18/h1-7,15-16H,8-10H2,(H,21,24)(H,22,23)/t15-,16-/m1/s1. The largest absolute Gasteiger partial charge is 0.348 e.